The standard InChI is InChI=1S/C10H18N4O2/c1-14-6-8(11)9(13-14)12-10(7-15)2-4-16-5-3-10/h6,15H,2-5,7,11H2,1H3,(H,12,13). The fourth-order valence-corrected chi connectivity index (χ4v) is 1.94. The molecule has 0 spiro atoms. The van der Waals surface area contributed by atoms with E-state index in [2.05, 4.69) is 10.4 Å². The van der Waals surface area contributed by atoms with Gasteiger partial charge in [0.15, 0.2) is 5.82 Å². The highest BCUT2D eigenvalue weighted by Crippen LogP contribution is 2.27. The molecule has 0 aromatic carbocycles. The third-order valence-electron chi connectivity index (χ3n) is 2.99. The van der Waals surface area contributed by atoms with Crippen LogP contribution in [0.1, 0.15) is 12.8 Å². The Kier molecular flexibility index (Phi) is 3.02. The minimum atomic E-state index is -0.347. The second-order valence-electron chi connectivity index (χ2n) is 4.28. The number of nitrogen functional groups attached to an aromatic ring is 1. The van der Waals surface area contributed by atoms with Gasteiger partial charge in [0.05, 0.1) is 17.8 Å². The van der Waals surface area contributed by atoms with E-state index in [1.807, 2.05) is 7.05 Å². The Morgan fingerprint density at radius 3 is 2.81 bits per heavy atom. The van der Waals surface area contributed by atoms with Crippen molar-refractivity contribution in [2.45, 2.75) is 18.4 Å². The summed E-state index contributed by atoms with van der Waals surface area (Å²) in [6.07, 6.45) is 3.27. The highest BCUT2D eigenvalue weighted by molar-refractivity contribution is 5.61. The maximum atomic E-state index is 9.51. The molecule has 0 amide bonds. The molecule has 2 rings (SSSR count). The molecule has 1 fully saturated rings. The second-order valence-corrected chi connectivity index (χ2v) is 4.28. The van der Waals surface area contributed by atoms with Gasteiger partial charge in [-0.15, -0.1) is 0 Å². The average molecular weight is 226 g/mol. The summed E-state index contributed by atoms with van der Waals surface area (Å²) in [7, 11) is 1.82. The molecule has 1 aliphatic heterocycles. The normalized spacial score (nSPS) is 19.6. The Morgan fingerprint density at radius 1 is 1.62 bits per heavy atom. The van der Waals surface area contributed by atoms with E-state index in [1.165, 1.54) is 0 Å². The number of aryl methyl sites for hydroxylation is 1. The number of aliphatic hydroxyl groups excluding tert-OH is 1. The summed E-state index contributed by atoms with van der Waals surface area (Å²) in [5, 5.41) is 17.0. The van der Waals surface area contributed by atoms with Crippen LogP contribution in [-0.2, 0) is 11.8 Å². The number of hydrogen-bond acceptors (Lipinski definition) is 5. The van der Waals surface area contributed by atoms with Crippen molar-refractivity contribution in [1.82, 2.24) is 9.78 Å². The monoisotopic (exact) mass is 226 g/mol. The molecular weight excluding hydrogens is 208 g/mol. The largest absolute Gasteiger partial charge is 0.394 e. The Morgan fingerprint density at radius 2 is 2.31 bits per heavy atom. The zero-order chi connectivity index (χ0) is 11.6. The number of hydrogen-bond donors (Lipinski definition) is 3. The van der Waals surface area contributed by atoms with Crippen molar-refractivity contribution in [3.8, 4) is 0 Å². The predicted octanol–water partition coefficient (Wildman–Crippen LogP) is -0.0443. The lowest BCUT2D eigenvalue weighted by atomic mass is 9.91. The molecule has 1 aromatic heterocycles. The van der Waals surface area contributed by atoms with Crippen molar-refractivity contribution in [3.63, 3.8) is 0 Å². The number of aliphatic hydroxyl groups is 1. The molecule has 0 radical (unpaired) electrons. The number of anilines is 2. The van der Waals surface area contributed by atoms with Gasteiger partial charge < -0.3 is 20.9 Å². The molecule has 0 atom stereocenters. The summed E-state index contributed by atoms with van der Waals surface area (Å²) in [6, 6.07) is 0. The van der Waals surface area contributed by atoms with Crippen LogP contribution in [0.4, 0.5) is 11.5 Å². The predicted molar refractivity (Wildman–Crippen MR) is 61.1 cm³/mol. The van der Waals surface area contributed by atoms with Crippen LogP contribution in [0.3, 0.4) is 0 Å². The van der Waals surface area contributed by atoms with Gasteiger partial charge >= 0.3 is 0 Å². The van der Waals surface area contributed by atoms with Gasteiger partial charge in [-0.1, -0.05) is 0 Å². The van der Waals surface area contributed by atoms with Gasteiger partial charge in [0, 0.05) is 26.5 Å². The fourth-order valence-electron chi connectivity index (χ4n) is 1.94. The fraction of sp³-hybridized carbons (Fsp3) is 0.700. The van der Waals surface area contributed by atoms with E-state index in [0.717, 1.165) is 12.8 Å². The molecule has 1 aromatic rings. The molecular formula is C10H18N4O2. The van der Waals surface area contributed by atoms with Crippen LogP contribution in [0, 0.1) is 0 Å². The van der Waals surface area contributed by atoms with Crippen LogP contribution in [-0.4, -0.2) is 40.2 Å². The Balaban J connectivity index is 2.14. The quantitative estimate of drug-likeness (QED) is 0.673. The molecule has 0 bridgehead atoms. The van der Waals surface area contributed by atoms with Crippen LogP contribution in [0.25, 0.3) is 0 Å². The van der Waals surface area contributed by atoms with E-state index >= 15 is 0 Å². The van der Waals surface area contributed by atoms with E-state index in [0.29, 0.717) is 24.7 Å². The summed E-state index contributed by atoms with van der Waals surface area (Å²) >= 11 is 0. The first-order chi connectivity index (χ1) is 7.65. The van der Waals surface area contributed by atoms with Crippen molar-refractivity contribution < 1.29 is 9.84 Å². The second kappa shape index (κ2) is 4.31. The van der Waals surface area contributed by atoms with Crippen molar-refractivity contribution in [3.05, 3.63) is 6.20 Å². The number of nitrogens with two attached hydrogens (primary N) is 1. The van der Waals surface area contributed by atoms with Crippen LogP contribution < -0.4 is 11.1 Å². The van der Waals surface area contributed by atoms with Gasteiger partial charge in [0.2, 0.25) is 0 Å². The minimum Gasteiger partial charge on any atom is -0.394 e. The third-order valence-corrected chi connectivity index (χ3v) is 2.99. The number of nitrogens with one attached hydrogen (secondary N) is 1. The van der Waals surface area contributed by atoms with Crippen molar-refractivity contribution in [2.24, 2.45) is 7.05 Å². The molecule has 0 unspecified atom stereocenters. The van der Waals surface area contributed by atoms with E-state index in [-0.39, 0.29) is 12.1 Å². The summed E-state index contributed by atoms with van der Waals surface area (Å²) < 4.78 is 6.95. The summed E-state index contributed by atoms with van der Waals surface area (Å²) in [4.78, 5) is 0. The van der Waals surface area contributed by atoms with Crippen LogP contribution in [0.2, 0.25) is 0 Å². The Labute approximate surface area is 94.4 Å². The molecule has 0 saturated carbocycles. The molecule has 6 nitrogen and oxygen atoms in total. The van der Waals surface area contributed by atoms with Gasteiger partial charge in [0.1, 0.15) is 0 Å². The van der Waals surface area contributed by atoms with E-state index in [9.17, 15) is 5.11 Å². The topological polar surface area (TPSA) is 85.3 Å². The lowest BCUT2D eigenvalue weighted by Gasteiger charge is -2.36. The van der Waals surface area contributed by atoms with Gasteiger partial charge in [-0.2, -0.15) is 5.10 Å². The SMILES string of the molecule is Cn1cc(N)c(NC2(CO)CCOCC2)n1. The van der Waals surface area contributed by atoms with Gasteiger partial charge in [0.25, 0.3) is 0 Å². The first kappa shape index (κ1) is 11.2. The summed E-state index contributed by atoms with van der Waals surface area (Å²) in [5.41, 5.74) is 6.07. The van der Waals surface area contributed by atoms with Crippen LogP contribution >= 0.6 is 0 Å². The summed E-state index contributed by atoms with van der Waals surface area (Å²) in [6.45, 7) is 1.37. The van der Waals surface area contributed by atoms with Gasteiger partial charge in [-0.05, 0) is 12.8 Å². The minimum absolute atomic E-state index is 0.0619. The number of ether oxygens (including phenoxy) is 1. The first-order valence-corrected chi connectivity index (χ1v) is 5.41. The van der Waals surface area contributed by atoms with Crippen LogP contribution in [0.15, 0.2) is 6.20 Å². The smallest absolute Gasteiger partial charge is 0.171 e. The summed E-state index contributed by atoms with van der Waals surface area (Å²) in [5.74, 6) is 0.637. The molecule has 0 aliphatic carbocycles. The van der Waals surface area contributed by atoms with Crippen LogP contribution in [0.5, 0.6) is 0 Å². The molecule has 6 heteroatoms. The third kappa shape index (κ3) is 2.12. The molecule has 90 valence electrons. The highest BCUT2D eigenvalue weighted by atomic mass is 16.5. The molecule has 1 aliphatic rings. The molecule has 1 saturated heterocycles. The van der Waals surface area contributed by atoms with Crippen molar-refractivity contribution in [1.29, 1.82) is 0 Å². The molecule has 2 heterocycles. The maximum Gasteiger partial charge on any atom is 0.171 e. The lowest BCUT2D eigenvalue weighted by Crippen LogP contribution is -2.47. The maximum absolute atomic E-state index is 9.51. The zero-order valence-electron chi connectivity index (χ0n) is 9.44. The van der Waals surface area contributed by atoms with E-state index in [1.54, 1.807) is 10.9 Å². The number of nitrogens with zero attached hydrogens (tertiary/aromatic N) is 2. The average Bonchev–Trinajstić information content (AvgIpc) is 2.59. The first-order valence-electron chi connectivity index (χ1n) is 5.41. The number of rotatable bonds is 3. The van der Waals surface area contributed by atoms with E-state index < -0.39 is 0 Å². The molecule has 16 heavy (non-hydrogen) atoms. The number of aromatic nitrogens is 2. The zero-order valence-corrected chi connectivity index (χ0v) is 9.44. The Bertz CT molecular complexity index is 358. The highest BCUT2D eigenvalue weighted by Gasteiger charge is 2.32. The van der Waals surface area contributed by atoms with Gasteiger partial charge in [-0.25, -0.2) is 0 Å². The van der Waals surface area contributed by atoms with Crippen molar-refractivity contribution >= 4 is 11.5 Å². The molecule has 4 N–H and O–H groups in total. The van der Waals surface area contributed by atoms with E-state index in [4.69, 9.17) is 10.5 Å². The van der Waals surface area contributed by atoms with Gasteiger partial charge in [-0.3, -0.25) is 4.68 Å². The Hall–Kier alpha value is -1.27. The lowest BCUT2D eigenvalue weighted by molar-refractivity contribution is 0.0378. The van der Waals surface area contributed by atoms with Crippen molar-refractivity contribution in [2.75, 3.05) is 30.9 Å².